The van der Waals surface area contributed by atoms with Crippen LogP contribution in [0.2, 0.25) is 0 Å². The lowest BCUT2D eigenvalue weighted by atomic mass is 10.2. The van der Waals surface area contributed by atoms with Gasteiger partial charge in [0.05, 0.1) is 0 Å². The first-order valence-corrected chi connectivity index (χ1v) is 7.27. The highest BCUT2D eigenvalue weighted by molar-refractivity contribution is 6.35. The van der Waals surface area contributed by atoms with Crippen molar-refractivity contribution in [3.63, 3.8) is 0 Å². The summed E-state index contributed by atoms with van der Waals surface area (Å²) in [6, 6.07) is 5.45. The molecular weight excluding hydrogens is 286 g/mol. The third-order valence-corrected chi connectivity index (χ3v) is 3.87. The molecule has 0 unspecified atom stereocenters. The van der Waals surface area contributed by atoms with Crippen LogP contribution in [0.15, 0.2) is 18.2 Å². The van der Waals surface area contributed by atoms with Gasteiger partial charge in [-0.2, -0.15) is 0 Å². The lowest BCUT2D eigenvalue weighted by molar-refractivity contribution is -0.146. The number of nitrogens with zero attached hydrogens (tertiary/aromatic N) is 2. The summed E-state index contributed by atoms with van der Waals surface area (Å²) >= 11 is 0. The lowest BCUT2D eigenvalue weighted by Crippen LogP contribution is -2.51. The van der Waals surface area contributed by atoms with Crippen LogP contribution >= 0.6 is 0 Å². The molecule has 0 radical (unpaired) electrons. The molecule has 1 fully saturated rings. The monoisotopic (exact) mass is 305 g/mol. The third kappa shape index (κ3) is 3.14. The molecule has 0 aromatic heterocycles. The van der Waals surface area contributed by atoms with Crippen molar-refractivity contribution in [3.05, 3.63) is 23.8 Å². The molecule has 22 heavy (non-hydrogen) atoms. The zero-order chi connectivity index (χ0) is 15.5. The van der Waals surface area contributed by atoms with Crippen molar-refractivity contribution in [3.8, 4) is 11.5 Å². The summed E-state index contributed by atoms with van der Waals surface area (Å²) in [5, 5.41) is 2.66. The number of hydrogen-bond donors (Lipinski definition) is 1. The molecule has 3 rings (SSSR count). The van der Waals surface area contributed by atoms with E-state index >= 15 is 0 Å². The van der Waals surface area contributed by atoms with Crippen LogP contribution < -0.4 is 14.8 Å². The van der Waals surface area contributed by atoms with Crippen LogP contribution in [0.1, 0.15) is 5.56 Å². The first-order valence-electron chi connectivity index (χ1n) is 7.27. The van der Waals surface area contributed by atoms with Crippen LogP contribution in [0.25, 0.3) is 0 Å². The molecule has 0 spiro atoms. The molecule has 2 aliphatic rings. The first-order chi connectivity index (χ1) is 10.6. The van der Waals surface area contributed by atoms with Crippen molar-refractivity contribution < 1.29 is 19.1 Å². The predicted octanol–water partition coefficient (Wildman–Crippen LogP) is -0.194. The van der Waals surface area contributed by atoms with Gasteiger partial charge < -0.3 is 24.6 Å². The minimum Gasteiger partial charge on any atom is -0.454 e. The smallest absolute Gasteiger partial charge is 0.311 e. The van der Waals surface area contributed by atoms with E-state index in [4.69, 9.17) is 9.47 Å². The van der Waals surface area contributed by atoms with Crippen LogP contribution in [0.5, 0.6) is 11.5 Å². The number of rotatable bonds is 2. The molecule has 2 heterocycles. The van der Waals surface area contributed by atoms with Crippen LogP contribution in [0, 0.1) is 0 Å². The van der Waals surface area contributed by atoms with Gasteiger partial charge >= 0.3 is 11.8 Å². The maximum absolute atomic E-state index is 12.1. The molecule has 1 aromatic carbocycles. The minimum atomic E-state index is -0.567. The number of nitrogens with one attached hydrogen (secondary N) is 1. The van der Waals surface area contributed by atoms with Gasteiger partial charge in [-0.1, -0.05) is 6.07 Å². The Kier molecular flexibility index (Phi) is 4.15. The molecule has 2 aliphatic heterocycles. The van der Waals surface area contributed by atoms with Gasteiger partial charge in [0.2, 0.25) is 6.79 Å². The molecule has 1 N–H and O–H groups in total. The molecule has 7 nitrogen and oxygen atoms in total. The van der Waals surface area contributed by atoms with Gasteiger partial charge in [-0.15, -0.1) is 0 Å². The van der Waals surface area contributed by atoms with Crippen LogP contribution in [0.4, 0.5) is 0 Å². The van der Waals surface area contributed by atoms with Gasteiger partial charge in [0.15, 0.2) is 11.5 Å². The van der Waals surface area contributed by atoms with Crippen LogP contribution in [0.3, 0.4) is 0 Å². The Labute approximate surface area is 128 Å². The SMILES string of the molecule is CN1CCN(C(=O)C(=O)NCc2ccc3c(c2)OCO3)CC1. The van der Waals surface area contributed by atoms with Gasteiger partial charge in [0.1, 0.15) is 0 Å². The molecule has 1 aromatic rings. The number of carbonyl (C=O) groups excluding carboxylic acids is 2. The highest BCUT2D eigenvalue weighted by atomic mass is 16.7. The zero-order valence-corrected chi connectivity index (χ0v) is 12.5. The predicted molar refractivity (Wildman–Crippen MR) is 78.5 cm³/mol. The van der Waals surface area contributed by atoms with Gasteiger partial charge in [-0.3, -0.25) is 9.59 Å². The fourth-order valence-electron chi connectivity index (χ4n) is 2.46. The van der Waals surface area contributed by atoms with Gasteiger partial charge in [0.25, 0.3) is 0 Å². The highest BCUT2D eigenvalue weighted by Crippen LogP contribution is 2.32. The van der Waals surface area contributed by atoms with E-state index < -0.39 is 11.8 Å². The van der Waals surface area contributed by atoms with E-state index in [1.807, 2.05) is 19.2 Å². The molecule has 0 atom stereocenters. The number of fused-ring (bicyclic) bond motifs is 1. The normalized spacial score (nSPS) is 17.4. The fraction of sp³-hybridized carbons (Fsp3) is 0.467. The Balaban J connectivity index is 1.52. The summed E-state index contributed by atoms with van der Waals surface area (Å²) in [5.41, 5.74) is 0.865. The molecule has 118 valence electrons. The molecular formula is C15H19N3O4. The summed E-state index contributed by atoms with van der Waals surface area (Å²) < 4.78 is 10.5. The average Bonchev–Trinajstić information content (AvgIpc) is 3.00. The van der Waals surface area contributed by atoms with E-state index in [0.29, 0.717) is 24.6 Å². The standard InChI is InChI=1S/C15H19N3O4/c1-17-4-6-18(7-5-17)15(20)14(19)16-9-11-2-3-12-13(8-11)22-10-21-12/h2-3,8H,4-7,9-10H2,1H3,(H,16,19). The van der Waals surface area contributed by atoms with E-state index in [2.05, 4.69) is 10.2 Å². The van der Waals surface area contributed by atoms with Crippen molar-refractivity contribution in [1.82, 2.24) is 15.1 Å². The number of carbonyl (C=O) groups is 2. The largest absolute Gasteiger partial charge is 0.454 e. The number of benzene rings is 1. The van der Waals surface area contributed by atoms with Crippen molar-refractivity contribution >= 4 is 11.8 Å². The number of ether oxygens (including phenoxy) is 2. The molecule has 0 bridgehead atoms. The van der Waals surface area contributed by atoms with Crippen molar-refractivity contribution in [2.24, 2.45) is 0 Å². The number of piperazine rings is 1. The molecule has 0 saturated carbocycles. The zero-order valence-electron chi connectivity index (χ0n) is 12.5. The van der Waals surface area contributed by atoms with Crippen LogP contribution in [-0.2, 0) is 16.1 Å². The Morgan fingerprint density at radius 2 is 1.86 bits per heavy atom. The summed E-state index contributed by atoms with van der Waals surface area (Å²) in [5.74, 6) is 0.330. The van der Waals surface area contributed by atoms with Crippen molar-refractivity contribution in [2.45, 2.75) is 6.54 Å². The maximum Gasteiger partial charge on any atom is 0.311 e. The Morgan fingerprint density at radius 1 is 1.14 bits per heavy atom. The highest BCUT2D eigenvalue weighted by Gasteiger charge is 2.24. The van der Waals surface area contributed by atoms with E-state index in [-0.39, 0.29) is 13.3 Å². The van der Waals surface area contributed by atoms with E-state index in [1.165, 1.54) is 0 Å². The molecule has 7 heteroatoms. The summed E-state index contributed by atoms with van der Waals surface area (Å²) in [6.07, 6.45) is 0. The van der Waals surface area contributed by atoms with Crippen LogP contribution in [-0.4, -0.2) is 61.6 Å². The molecule has 2 amide bonds. The Morgan fingerprint density at radius 3 is 2.64 bits per heavy atom. The average molecular weight is 305 g/mol. The second-order valence-corrected chi connectivity index (χ2v) is 5.47. The summed E-state index contributed by atoms with van der Waals surface area (Å²) in [4.78, 5) is 27.7. The molecule has 0 aliphatic carbocycles. The summed E-state index contributed by atoms with van der Waals surface area (Å²) in [6.45, 7) is 3.27. The second-order valence-electron chi connectivity index (χ2n) is 5.47. The van der Waals surface area contributed by atoms with Gasteiger partial charge in [0, 0.05) is 32.7 Å². The van der Waals surface area contributed by atoms with Crippen molar-refractivity contribution in [1.29, 1.82) is 0 Å². The van der Waals surface area contributed by atoms with Crippen molar-refractivity contribution in [2.75, 3.05) is 40.0 Å². The van der Waals surface area contributed by atoms with E-state index in [0.717, 1.165) is 18.7 Å². The van der Waals surface area contributed by atoms with Gasteiger partial charge in [-0.05, 0) is 24.7 Å². The molecule has 1 saturated heterocycles. The van der Waals surface area contributed by atoms with Gasteiger partial charge in [-0.25, -0.2) is 0 Å². The number of amides is 2. The Hall–Kier alpha value is -2.28. The summed E-state index contributed by atoms with van der Waals surface area (Å²) in [7, 11) is 2.00. The topological polar surface area (TPSA) is 71.1 Å². The van der Waals surface area contributed by atoms with E-state index in [9.17, 15) is 9.59 Å². The van der Waals surface area contributed by atoms with E-state index in [1.54, 1.807) is 11.0 Å². The number of likely N-dealkylation sites (N-methyl/N-ethyl adjacent to an activating group) is 1. The maximum atomic E-state index is 12.1. The fourth-order valence-corrected chi connectivity index (χ4v) is 2.46. The quantitative estimate of drug-likeness (QED) is 0.767. The lowest BCUT2D eigenvalue weighted by Gasteiger charge is -2.31. The first kappa shape index (κ1) is 14.6. The third-order valence-electron chi connectivity index (χ3n) is 3.87. The Bertz CT molecular complexity index is 582. The second kappa shape index (κ2) is 6.23. The minimum absolute atomic E-state index is 0.215. The number of hydrogen-bond acceptors (Lipinski definition) is 5.